The average molecular weight is 258 g/mol. The summed E-state index contributed by atoms with van der Waals surface area (Å²) >= 11 is 3.45. The number of rotatable bonds is 5. The highest BCUT2D eigenvalue weighted by molar-refractivity contribution is 9.10. The lowest BCUT2D eigenvalue weighted by Gasteiger charge is -2.15. The number of benzene rings is 1. The average Bonchev–Trinajstić information content (AvgIpc) is 2.15. The van der Waals surface area contributed by atoms with Crippen molar-refractivity contribution in [2.45, 2.75) is 13.0 Å². The molecule has 0 aliphatic heterocycles. The van der Waals surface area contributed by atoms with E-state index in [1.165, 1.54) is 5.56 Å². The molecule has 0 bridgehead atoms. The molecule has 0 amide bonds. The van der Waals surface area contributed by atoms with E-state index in [4.69, 9.17) is 5.11 Å². The van der Waals surface area contributed by atoms with E-state index in [1.54, 1.807) is 0 Å². The predicted octanol–water partition coefficient (Wildman–Crippen LogP) is 2.26. The normalized spacial score (nSPS) is 10.9. The molecule has 0 saturated carbocycles. The van der Waals surface area contributed by atoms with Crippen molar-refractivity contribution in [1.82, 2.24) is 4.90 Å². The molecule has 0 atom stereocenters. The number of hydrogen-bond donors (Lipinski definition) is 1. The maximum absolute atomic E-state index is 8.69. The lowest BCUT2D eigenvalue weighted by Crippen LogP contribution is -2.19. The van der Waals surface area contributed by atoms with Gasteiger partial charge in [-0.3, -0.25) is 0 Å². The third kappa shape index (κ3) is 4.22. The van der Waals surface area contributed by atoms with E-state index >= 15 is 0 Å². The van der Waals surface area contributed by atoms with Gasteiger partial charge in [-0.25, -0.2) is 0 Å². The minimum Gasteiger partial charge on any atom is -0.396 e. The van der Waals surface area contributed by atoms with Crippen LogP contribution >= 0.6 is 15.9 Å². The Bertz CT molecular complexity index is 278. The SMILES string of the molecule is CN(CCCO)Cc1cccc(Br)c1. The highest BCUT2D eigenvalue weighted by atomic mass is 79.9. The molecule has 78 valence electrons. The fourth-order valence-corrected chi connectivity index (χ4v) is 1.81. The molecule has 3 heteroatoms. The van der Waals surface area contributed by atoms with Crippen LogP contribution in [0.4, 0.5) is 0 Å². The molecule has 0 aliphatic rings. The second kappa shape index (κ2) is 6.17. The number of nitrogens with zero attached hydrogens (tertiary/aromatic N) is 1. The summed E-state index contributed by atoms with van der Waals surface area (Å²) in [5.41, 5.74) is 1.29. The Labute approximate surface area is 93.7 Å². The van der Waals surface area contributed by atoms with Gasteiger partial charge < -0.3 is 10.0 Å². The van der Waals surface area contributed by atoms with Crippen LogP contribution in [0.15, 0.2) is 28.7 Å². The largest absolute Gasteiger partial charge is 0.396 e. The topological polar surface area (TPSA) is 23.5 Å². The van der Waals surface area contributed by atoms with Gasteiger partial charge in [0.05, 0.1) is 0 Å². The number of halogens is 1. The van der Waals surface area contributed by atoms with Gasteiger partial charge in [0.1, 0.15) is 0 Å². The van der Waals surface area contributed by atoms with Crippen LogP contribution in [0.5, 0.6) is 0 Å². The summed E-state index contributed by atoms with van der Waals surface area (Å²) in [5, 5.41) is 8.69. The zero-order valence-corrected chi connectivity index (χ0v) is 10.00. The van der Waals surface area contributed by atoms with E-state index in [9.17, 15) is 0 Å². The first-order valence-electron chi connectivity index (χ1n) is 4.76. The maximum atomic E-state index is 8.69. The van der Waals surface area contributed by atoms with Gasteiger partial charge in [0.25, 0.3) is 0 Å². The summed E-state index contributed by atoms with van der Waals surface area (Å²) in [7, 11) is 2.07. The molecule has 2 nitrogen and oxygen atoms in total. The lowest BCUT2D eigenvalue weighted by atomic mass is 10.2. The van der Waals surface area contributed by atoms with E-state index in [-0.39, 0.29) is 6.61 Å². The van der Waals surface area contributed by atoms with E-state index in [0.29, 0.717) is 0 Å². The monoisotopic (exact) mass is 257 g/mol. The third-order valence-corrected chi connectivity index (χ3v) is 2.53. The minimum atomic E-state index is 0.267. The van der Waals surface area contributed by atoms with Crippen molar-refractivity contribution in [2.24, 2.45) is 0 Å². The molecule has 0 spiro atoms. The number of hydrogen-bond acceptors (Lipinski definition) is 2. The van der Waals surface area contributed by atoms with Gasteiger partial charge in [-0.05, 0) is 31.2 Å². The minimum absolute atomic E-state index is 0.267. The molecule has 0 unspecified atom stereocenters. The standard InChI is InChI=1S/C11H16BrNO/c1-13(6-3-7-14)9-10-4-2-5-11(12)8-10/h2,4-5,8,14H,3,6-7,9H2,1H3. The molecule has 1 rings (SSSR count). The van der Waals surface area contributed by atoms with Crippen molar-refractivity contribution in [2.75, 3.05) is 20.2 Å². The van der Waals surface area contributed by atoms with Crippen LogP contribution in [0.3, 0.4) is 0 Å². The molecule has 1 aromatic carbocycles. The molecule has 0 radical (unpaired) electrons. The van der Waals surface area contributed by atoms with Crippen LogP contribution in [0.1, 0.15) is 12.0 Å². The van der Waals surface area contributed by atoms with Gasteiger partial charge in [0.2, 0.25) is 0 Å². The summed E-state index contributed by atoms with van der Waals surface area (Å²) in [5.74, 6) is 0. The second-order valence-electron chi connectivity index (χ2n) is 3.44. The van der Waals surface area contributed by atoms with E-state index in [2.05, 4.69) is 40.0 Å². The van der Waals surface area contributed by atoms with Gasteiger partial charge in [0, 0.05) is 24.2 Å². The van der Waals surface area contributed by atoms with Gasteiger partial charge >= 0.3 is 0 Å². The van der Waals surface area contributed by atoms with Gasteiger partial charge in [-0.1, -0.05) is 28.1 Å². The zero-order chi connectivity index (χ0) is 10.4. The fourth-order valence-electron chi connectivity index (χ4n) is 1.37. The number of aliphatic hydroxyl groups excluding tert-OH is 1. The highest BCUT2D eigenvalue weighted by Gasteiger charge is 1.99. The highest BCUT2D eigenvalue weighted by Crippen LogP contribution is 2.12. The lowest BCUT2D eigenvalue weighted by molar-refractivity contribution is 0.244. The Hall–Kier alpha value is -0.380. The van der Waals surface area contributed by atoms with Crippen molar-refractivity contribution < 1.29 is 5.11 Å². The van der Waals surface area contributed by atoms with Gasteiger partial charge in [0.15, 0.2) is 0 Å². The summed E-state index contributed by atoms with van der Waals surface area (Å²) in [6, 6.07) is 8.30. The Balaban J connectivity index is 2.43. The molecule has 0 heterocycles. The fraction of sp³-hybridized carbons (Fsp3) is 0.455. The van der Waals surface area contributed by atoms with Crippen LogP contribution in [0.25, 0.3) is 0 Å². The van der Waals surface area contributed by atoms with Crippen LogP contribution in [-0.4, -0.2) is 30.2 Å². The van der Waals surface area contributed by atoms with Crippen molar-refractivity contribution in [3.05, 3.63) is 34.3 Å². The van der Waals surface area contributed by atoms with Crippen molar-refractivity contribution in [3.63, 3.8) is 0 Å². The molecule has 0 saturated heterocycles. The van der Waals surface area contributed by atoms with Crippen molar-refractivity contribution >= 4 is 15.9 Å². The maximum Gasteiger partial charge on any atom is 0.0443 e. The van der Waals surface area contributed by atoms with Crippen molar-refractivity contribution in [1.29, 1.82) is 0 Å². The molecule has 0 aliphatic carbocycles. The zero-order valence-electron chi connectivity index (χ0n) is 8.41. The van der Waals surface area contributed by atoms with Crippen LogP contribution in [-0.2, 0) is 6.54 Å². The van der Waals surface area contributed by atoms with E-state index in [0.717, 1.165) is 24.0 Å². The van der Waals surface area contributed by atoms with Gasteiger partial charge in [-0.15, -0.1) is 0 Å². The summed E-state index contributed by atoms with van der Waals surface area (Å²) in [4.78, 5) is 2.21. The van der Waals surface area contributed by atoms with Crippen LogP contribution in [0.2, 0.25) is 0 Å². The van der Waals surface area contributed by atoms with Gasteiger partial charge in [-0.2, -0.15) is 0 Å². The predicted molar refractivity (Wildman–Crippen MR) is 62.2 cm³/mol. The molecular formula is C11H16BrNO. The summed E-state index contributed by atoms with van der Waals surface area (Å²) < 4.78 is 1.12. The summed E-state index contributed by atoms with van der Waals surface area (Å²) in [6.07, 6.45) is 0.838. The van der Waals surface area contributed by atoms with E-state index in [1.807, 2.05) is 12.1 Å². The van der Waals surface area contributed by atoms with Crippen LogP contribution < -0.4 is 0 Å². The first-order valence-corrected chi connectivity index (χ1v) is 5.55. The third-order valence-electron chi connectivity index (χ3n) is 2.04. The van der Waals surface area contributed by atoms with Crippen molar-refractivity contribution in [3.8, 4) is 0 Å². The Kier molecular flexibility index (Phi) is 5.15. The first kappa shape index (κ1) is 11.7. The molecule has 14 heavy (non-hydrogen) atoms. The Morgan fingerprint density at radius 3 is 2.86 bits per heavy atom. The quantitative estimate of drug-likeness (QED) is 0.875. The summed E-state index contributed by atoms with van der Waals surface area (Å²) in [6.45, 7) is 2.13. The molecule has 1 aromatic rings. The molecule has 1 N–H and O–H groups in total. The van der Waals surface area contributed by atoms with Crippen LogP contribution in [0, 0.1) is 0 Å². The Morgan fingerprint density at radius 1 is 1.43 bits per heavy atom. The number of aliphatic hydroxyl groups is 1. The molecular weight excluding hydrogens is 242 g/mol. The smallest absolute Gasteiger partial charge is 0.0443 e. The molecule has 0 fully saturated rings. The van der Waals surface area contributed by atoms with E-state index < -0.39 is 0 Å². The molecule has 0 aromatic heterocycles. The Morgan fingerprint density at radius 2 is 2.21 bits per heavy atom. The second-order valence-corrected chi connectivity index (χ2v) is 4.36. The first-order chi connectivity index (χ1) is 6.72.